The van der Waals surface area contributed by atoms with Gasteiger partial charge >= 0.3 is 0 Å². The van der Waals surface area contributed by atoms with Crippen LogP contribution in [0.3, 0.4) is 0 Å². The van der Waals surface area contributed by atoms with E-state index < -0.39 is 0 Å². The fourth-order valence-electron chi connectivity index (χ4n) is 2.05. The summed E-state index contributed by atoms with van der Waals surface area (Å²) in [5, 5.41) is 9.27. The van der Waals surface area contributed by atoms with Crippen molar-refractivity contribution in [2.45, 2.75) is 32.4 Å². The van der Waals surface area contributed by atoms with Gasteiger partial charge < -0.3 is 10.0 Å². The van der Waals surface area contributed by atoms with E-state index in [2.05, 4.69) is 37.6 Å². The molecule has 78 valence electrons. The van der Waals surface area contributed by atoms with Gasteiger partial charge in [0.25, 0.3) is 0 Å². The maximum atomic E-state index is 9.27. The molecule has 0 aromatic rings. The molecule has 3 nitrogen and oxygen atoms in total. The van der Waals surface area contributed by atoms with Crippen molar-refractivity contribution in [3.05, 3.63) is 0 Å². The van der Waals surface area contributed by atoms with E-state index in [-0.39, 0.29) is 12.1 Å². The van der Waals surface area contributed by atoms with Gasteiger partial charge in [-0.25, -0.2) is 0 Å². The Balaban J connectivity index is 2.63. The zero-order valence-corrected chi connectivity index (χ0v) is 9.25. The second kappa shape index (κ2) is 3.95. The quantitative estimate of drug-likeness (QED) is 0.642. The topological polar surface area (TPSA) is 26.7 Å². The number of nitrogens with zero attached hydrogens (tertiary/aromatic N) is 2. The maximum absolute atomic E-state index is 9.27. The lowest BCUT2D eigenvalue weighted by Gasteiger charge is -2.46. The summed E-state index contributed by atoms with van der Waals surface area (Å²) in [5.41, 5.74) is 0.175. The highest BCUT2D eigenvalue weighted by Crippen LogP contribution is 2.19. The van der Waals surface area contributed by atoms with Gasteiger partial charge in [0.15, 0.2) is 0 Å². The van der Waals surface area contributed by atoms with Gasteiger partial charge in [0.1, 0.15) is 0 Å². The van der Waals surface area contributed by atoms with E-state index >= 15 is 0 Å². The Morgan fingerprint density at radius 3 is 2.38 bits per heavy atom. The standard InChI is InChI=1S/C10H22N2O/c1-10(2,3)12-6-5-11(4)7-9(12)8-13/h9,13H,5-8H2,1-4H3/t9-/m1/s1. The normalized spacial score (nSPS) is 27.9. The Kier molecular flexibility index (Phi) is 3.33. The molecule has 13 heavy (non-hydrogen) atoms. The van der Waals surface area contributed by atoms with Gasteiger partial charge in [-0.3, -0.25) is 4.90 Å². The van der Waals surface area contributed by atoms with Crippen molar-refractivity contribution in [2.75, 3.05) is 33.3 Å². The average molecular weight is 186 g/mol. The smallest absolute Gasteiger partial charge is 0.0599 e. The minimum atomic E-state index is 0.175. The molecule has 1 atom stereocenters. The molecule has 0 amide bonds. The summed E-state index contributed by atoms with van der Waals surface area (Å²) in [4.78, 5) is 4.68. The SMILES string of the molecule is CN1CCN(C(C)(C)C)[C@@H](CO)C1. The first-order chi connectivity index (χ1) is 5.95. The molecule has 1 fully saturated rings. The van der Waals surface area contributed by atoms with Crippen molar-refractivity contribution in [1.29, 1.82) is 0 Å². The second-order valence-corrected chi connectivity index (χ2v) is 4.96. The van der Waals surface area contributed by atoms with Crippen molar-refractivity contribution >= 4 is 0 Å². The van der Waals surface area contributed by atoms with Gasteiger partial charge in [-0.05, 0) is 27.8 Å². The lowest BCUT2D eigenvalue weighted by molar-refractivity contribution is -0.00645. The van der Waals surface area contributed by atoms with Gasteiger partial charge in [-0.15, -0.1) is 0 Å². The molecular weight excluding hydrogens is 164 g/mol. The summed E-state index contributed by atoms with van der Waals surface area (Å²) in [6.45, 7) is 10.0. The molecule has 1 N–H and O–H groups in total. The lowest BCUT2D eigenvalue weighted by atomic mass is 10.0. The predicted molar refractivity (Wildman–Crippen MR) is 54.8 cm³/mol. The first-order valence-corrected chi connectivity index (χ1v) is 5.01. The first-order valence-electron chi connectivity index (χ1n) is 5.01. The number of rotatable bonds is 1. The average Bonchev–Trinajstić information content (AvgIpc) is 2.01. The fraction of sp³-hybridized carbons (Fsp3) is 1.00. The molecule has 0 bridgehead atoms. The summed E-state index contributed by atoms with van der Waals surface area (Å²) in [7, 11) is 2.11. The molecule has 1 aliphatic heterocycles. The Bertz CT molecular complexity index is 165. The van der Waals surface area contributed by atoms with Crippen LogP contribution in [0, 0.1) is 0 Å². The summed E-state index contributed by atoms with van der Waals surface area (Å²) in [6.07, 6.45) is 0. The highest BCUT2D eigenvalue weighted by Gasteiger charge is 2.32. The number of likely N-dealkylation sites (N-methyl/N-ethyl adjacent to an activating group) is 1. The van der Waals surface area contributed by atoms with Crippen LogP contribution in [-0.4, -0.2) is 59.8 Å². The van der Waals surface area contributed by atoms with Crippen molar-refractivity contribution in [2.24, 2.45) is 0 Å². The molecule has 0 aromatic carbocycles. The van der Waals surface area contributed by atoms with Gasteiger partial charge in [0, 0.05) is 31.2 Å². The van der Waals surface area contributed by atoms with Crippen LogP contribution in [0.15, 0.2) is 0 Å². The van der Waals surface area contributed by atoms with Crippen molar-refractivity contribution in [3.8, 4) is 0 Å². The van der Waals surface area contributed by atoms with Crippen LogP contribution in [0.1, 0.15) is 20.8 Å². The van der Waals surface area contributed by atoms with Gasteiger partial charge in [0.05, 0.1) is 6.61 Å². The summed E-state index contributed by atoms with van der Waals surface area (Å²) >= 11 is 0. The van der Waals surface area contributed by atoms with Crippen molar-refractivity contribution in [1.82, 2.24) is 9.80 Å². The highest BCUT2D eigenvalue weighted by molar-refractivity contribution is 4.88. The summed E-state index contributed by atoms with van der Waals surface area (Å²) in [6, 6.07) is 0.304. The lowest BCUT2D eigenvalue weighted by Crippen LogP contribution is -2.59. The molecule has 0 radical (unpaired) electrons. The molecule has 0 aromatic heterocycles. The zero-order chi connectivity index (χ0) is 10.1. The molecular formula is C10H22N2O. The van der Waals surface area contributed by atoms with Crippen LogP contribution < -0.4 is 0 Å². The molecule has 0 spiro atoms. The molecule has 1 heterocycles. The third kappa shape index (κ3) is 2.66. The van der Waals surface area contributed by atoms with Gasteiger partial charge in [-0.1, -0.05) is 0 Å². The van der Waals surface area contributed by atoms with E-state index in [1.54, 1.807) is 0 Å². The molecule has 0 saturated carbocycles. The zero-order valence-electron chi connectivity index (χ0n) is 9.25. The third-order valence-corrected chi connectivity index (χ3v) is 2.76. The maximum Gasteiger partial charge on any atom is 0.0599 e. The summed E-state index contributed by atoms with van der Waals surface area (Å²) < 4.78 is 0. The largest absolute Gasteiger partial charge is 0.395 e. The fourth-order valence-corrected chi connectivity index (χ4v) is 2.05. The number of piperazine rings is 1. The van der Waals surface area contributed by atoms with Crippen molar-refractivity contribution < 1.29 is 5.11 Å². The molecule has 0 unspecified atom stereocenters. The van der Waals surface area contributed by atoms with E-state index in [0.29, 0.717) is 6.04 Å². The van der Waals surface area contributed by atoms with E-state index in [4.69, 9.17) is 0 Å². The Labute approximate surface area is 81.3 Å². The first kappa shape index (κ1) is 11.0. The molecule has 3 heteroatoms. The Morgan fingerprint density at radius 2 is 1.92 bits per heavy atom. The number of hydrogen-bond donors (Lipinski definition) is 1. The van der Waals surface area contributed by atoms with E-state index in [9.17, 15) is 5.11 Å². The number of hydrogen-bond acceptors (Lipinski definition) is 3. The van der Waals surface area contributed by atoms with Crippen molar-refractivity contribution in [3.63, 3.8) is 0 Å². The van der Waals surface area contributed by atoms with Crippen LogP contribution in [0.25, 0.3) is 0 Å². The predicted octanol–water partition coefficient (Wildman–Crippen LogP) is 0.393. The molecule has 0 aliphatic carbocycles. The van der Waals surface area contributed by atoms with Crippen LogP contribution in [0.5, 0.6) is 0 Å². The molecule has 1 aliphatic rings. The second-order valence-electron chi connectivity index (χ2n) is 4.96. The number of aliphatic hydroxyl groups excluding tert-OH is 1. The Hall–Kier alpha value is -0.120. The van der Waals surface area contributed by atoms with Gasteiger partial charge in [-0.2, -0.15) is 0 Å². The Morgan fingerprint density at radius 1 is 1.31 bits per heavy atom. The molecule has 1 rings (SSSR count). The highest BCUT2D eigenvalue weighted by atomic mass is 16.3. The minimum absolute atomic E-state index is 0.175. The van der Waals surface area contributed by atoms with E-state index in [0.717, 1.165) is 19.6 Å². The number of aliphatic hydroxyl groups is 1. The van der Waals surface area contributed by atoms with E-state index in [1.807, 2.05) is 0 Å². The van der Waals surface area contributed by atoms with Crippen LogP contribution in [0.2, 0.25) is 0 Å². The van der Waals surface area contributed by atoms with E-state index in [1.165, 1.54) is 0 Å². The van der Waals surface area contributed by atoms with Gasteiger partial charge in [0.2, 0.25) is 0 Å². The molecule has 1 saturated heterocycles. The van der Waals surface area contributed by atoms with Crippen LogP contribution in [0.4, 0.5) is 0 Å². The minimum Gasteiger partial charge on any atom is -0.395 e. The van der Waals surface area contributed by atoms with Crippen LogP contribution in [-0.2, 0) is 0 Å². The summed E-state index contributed by atoms with van der Waals surface area (Å²) in [5.74, 6) is 0. The third-order valence-electron chi connectivity index (χ3n) is 2.76. The monoisotopic (exact) mass is 186 g/mol. The van der Waals surface area contributed by atoms with Crippen LogP contribution >= 0.6 is 0 Å².